The lowest BCUT2D eigenvalue weighted by Crippen LogP contribution is -2.47. The van der Waals surface area contributed by atoms with E-state index in [1.165, 1.54) is 11.3 Å². The van der Waals surface area contributed by atoms with Gasteiger partial charge in [-0.2, -0.15) is 0 Å². The maximum absolute atomic E-state index is 12.3. The average molecular weight is 426 g/mol. The molecule has 0 aliphatic carbocycles. The fraction of sp³-hybridized carbons (Fsp3) is 0.304. The van der Waals surface area contributed by atoms with Crippen molar-refractivity contribution in [3.8, 4) is 0 Å². The van der Waals surface area contributed by atoms with Gasteiger partial charge in [-0.15, -0.1) is 11.3 Å². The molecule has 158 valence electrons. The summed E-state index contributed by atoms with van der Waals surface area (Å²) in [4.78, 5) is 17.2. The molecule has 0 fully saturated rings. The first-order valence-electron chi connectivity index (χ1n) is 9.92. The molecule has 1 amide bonds. The van der Waals surface area contributed by atoms with Gasteiger partial charge in [0.15, 0.2) is 0 Å². The molecule has 2 aromatic carbocycles. The van der Waals surface area contributed by atoms with Gasteiger partial charge < -0.3 is 20.9 Å². The van der Waals surface area contributed by atoms with E-state index in [0.29, 0.717) is 19.3 Å². The second-order valence-electron chi connectivity index (χ2n) is 7.24. The van der Waals surface area contributed by atoms with E-state index in [0.717, 1.165) is 16.0 Å². The molecule has 1 heterocycles. The maximum Gasteiger partial charge on any atom is 0.407 e. The molecule has 0 aliphatic rings. The Morgan fingerprint density at radius 2 is 1.70 bits per heavy atom. The summed E-state index contributed by atoms with van der Waals surface area (Å²) >= 11 is 1.42. The minimum atomic E-state index is -0.806. The highest BCUT2D eigenvalue weighted by Crippen LogP contribution is 2.13. The molecular formula is C23H27N3O3S. The summed E-state index contributed by atoms with van der Waals surface area (Å²) in [5.41, 5.74) is 10.1. The van der Waals surface area contributed by atoms with Gasteiger partial charge in [0.2, 0.25) is 0 Å². The highest BCUT2D eigenvalue weighted by molar-refractivity contribution is 7.09. The van der Waals surface area contributed by atoms with Crippen LogP contribution in [0.2, 0.25) is 0 Å². The number of aromatic nitrogens is 1. The van der Waals surface area contributed by atoms with E-state index in [9.17, 15) is 9.90 Å². The highest BCUT2D eigenvalue weighted by Gasteiger charge is 2.24. The molecule has 6 nitrogen and oxygen atoms in total. The van der Waals surface area contributed by atoms with Crippen LogP contribution in [-0.4, -0.2) is 34.4 Å². The van der Waals surface area contributed by atoms with Gasteiger partial charge in [-0.05, 0) is 30.4 Å². The number of thiazole rings is 1. The number of ether oxygens (including phenoxy) is 1. The number of alkyl carbamates (subject to hydrolysis) is 1. The first-order chi connectivity index (χ1) is 14.6. The Morgan fingerprint density at radius 3 is 2.30 bits per heavy atom. The SMILES string of the molecule is N[C@H](Cc1ccccc1)C[C@H](O)[C@H](Cc1ccccc1)NC(=O)OCc1cncs1. The van der Waals surface area contributed by atoms with Crippen LogP contribution in [0.1, 0.15) is 22.4 Å². The Kier molecular flexibility index (Phi) is 8.38. The fourth-order valence-corrected chi connectivity index (χ4v) is 3.77. The summed E-state index contributed by atoms with van der Waals surface area (Å²) in [5.74, 6) is 0. The van der Waals surface area contributed by atoms with E-state index in [1.54, 1.807) is 11.7 Å². The van der Waals surface area contributed by atoms with Gasteiger partial charge >= 0.3 is 6.09 Å². The summed E-state index contributed by atoms with van der Waals surface area (Å²) in [7, 11) is 0. The van der Waals surface area contributed by atoms with Crippen molar-refractivity contribution in [2.24, 2.45) is 5.73 Å². The molecule has 4 N–H and O–H groups in total. The van der Waals surface area contributed by atoms with Crippen LogP contribution in [0.4, 0.5) is 4.79 Å². The topological polar surface area (TPSA) is 97.5 Å². The Bertz CT molecular complexity index is 875. The molecule has 0 spiro atoms. The van der Waals surface area contributed by atoms with Crippen molar-refractivity contribution in [3.63, 3.8) is 0 Å². The third kappa shape index (κ3) is 7.26. The van der Waals surface area contributed by atoms with Gasteiger partial charge in [0.05, 0.1) is 22.5 Å². The number of amides is 1. The molecule has 1 aromatic heterocycles. The van der Waals surface area contributed by atoms with Gasteiger partial charge in [-0.3, -0.25) is 4.98 Å². The van der Waals surface area contributed by atoms with Gasteiger partial charge in [0.1, 0.15) is 6.61 Å². The molecule has 0 saturated heterocycles. The number of nitrogens with zero attached hydrogens (tertiary/aromatic N) is 1. The number of aliphatic hydroxyl groups excluding tert-OH is 1. The van der Waals surface area contributed by atoms with E-state index in [2.05, 4.69) is 10.3 Å². The second-order valence-corrected chi connectivity index (χ2v) is 8.21. The molecule has 0 saturated carbocycles. The standard InChI is InChI=1S/C23H27N3O3S/c24-19(11-17-7-3-1-4-8-17)13-22(27)21(12-18-9-5-2-6-10-18)26-23(28)29-15-20-14-25-16-30-20/h1-10,14,16,19,21-22,27H,11-13,15,24H2,(H,26,28)/t19-,21+,22+/m1/s1. The van der Waals surface area contributed by atoms with Crippen LogP contribution in [-0.2, 0) is 24.2 Å². The molecule has 0 radical (unpaired) electrons. The van der Waals surface area contributed by atoms with Crippen LogP contribution < -0.4 is 11.1 Å². The monoisotopic (exact) mass is 425 g/mol. The van der Waals surface area contributed by atoms with Crippen LogP contribution >= 0.6 is 11.3 Å². The zero-order chi connectivity index (χ0) is 21.2. The molecule has 3 atom stereocenters. The van der Waals surface area contributed by atoms with Crippen LogP contribution in [0, 0.1) is 0 Å². The maximum atomic E-state index is 12.3. The Labute approximate surface area is 180 Å². The van der Waals surface area contributed by atoms with Gasteiger partial charge in [0.25, 0.3) is 0 Å². The van der Waals surface area contributed by atoms with Crippen molar-refractivity contribution in [1.82, 2.24) is 10.3 Å². The van der Waals surface area contributed by atoms with Crippen molar-refractivity contribution >= 4 is 17.4 Å². The molecule has 0 unspecified atom stereocenters. The van der Waals surface area contributed by atoms with E-state index < -0.39 is 18.2 Å². The minimum absolute atomic E-state index is 0.151. The van der Waals surface area contributed by atoms with Crippen molar-refractivity contribution < 1.29 is 14.6 Å². The first kappa shape index (κ1) is 22.0. The number of hydrogen-bond donors (Lipinski definition) is 3. The average Bonchev–Trinajstić information content (AvgIpc) is 3.27. The zero-order valence-electron chi connectivity index (χ0n) is 16.7. The number of benzene rings is 2. The molecule has 3 rings (SSSR count). The largest absolute Gasteiger partial charge is 0.444 e. The highest BCUT2D eigenvalue weighted by atomic mass is 32.1. The summed E-state index contributed by atoms with van der Waals surface area (Å²) in [6.45, 7) is 0.151. The lowest BCUT2D eigenvalue weighted by molar-refractivity contribution is 0.0925. The predicted molar refractivity (Wildman–Crippen MR) is 118 cm³/mol. The predicted octanol–water partition coefficient (Wildman–Crippen LogP) is 3.30. The lowest BCUT2D eigenvalue weighted by atomic mass is 9.94. The molecule has 0 aliphatic heterocycles. The van der Waals surface area contributed by atoms with Gasteiger partial charge in [-0.1, -0.05) is 60.7 Å². The van der Waals surface area contributed by atoms with Crippen LogP contribution in [0.15, 0.2) is 72.4 Å². The number of hydrogen-bond acceptors (Lipinski definition) is 6. The second kappa shape index (κ2) is 11.4. The van der Waals surface area contributed by atoms with Crippen molar-refractivity contribution in [2.45, 2.75) is 44.1 Å². The lowest BCUT2D eigenvalue weighted by Gasteiger charge is -2.26. The van der Waals surface area contributed by atoms with Crippen molar-refractivity contribution in [3.05, 3.63) is 88.4 Å². The Morgan fingerprint density at radius 1 is 1.07 bits per heavy atom. The van der Waals surface area contributed by atoms with Crippen molar-refractivity contribution in [2.75, 3.05) is 0 Å². The van der Waals surface area contributed by atoms with E-state index in [-0.39, 0.29) is 12.6 Å². The number of nitrogens with one attached hydrogen (secondary N) is 1. The summed E-state index contributed by atoms with van der Waals surface area (Å²) in [6, 6.07) is 18.9. The number of carbonyl (C=O) groups excluding carboxylic acids is 1. The third-order valence-electron chi connectivity index (χ3n) is 4.78. The molecule has 30 heavy (non-hydrogen) atoms. The summed E-state index contributed by atoms with van der Waals surface area (Å²) in [5, 5.41) is 13.7. The Hall–Kier alpha value is -2.74. The molecular weight excluding hydrogens is 398 g/mol. The summed E-state index contributed by atoms with van der Waals surface area (Å²) in [6.07, 6.45) is 1.79. The first-order valence-corrected chi connectivity index (χ1v) is 10.8. The number of nitrogens with two attached hydrogens (primary N) is 1. The van der Waals surface area contributed by atoms with Crippen molar-refractivity contribution in [1.29, 1.82) is 0 Å². The minimum Gasteiger partial charge on any atom is -0.444 e. The molecule has 7 heteroatoms. The smallest absolute Gasteiger partial charge is 0.407 e. The van der Waals surface area contributed by atoms with E-state index in [1.807, 2.05) is 60.7 Å². The molecule has 0 bridgehead atoms. The van der Waals surface area contributed by atoms with Gasteiger partial charge in [-0.25, -0.2) is 4.79 Å². The van der Waals surface area contributed by atoms with E-state index in [4.69, 9.17) is 10.5 Å². The number of carbonyl (C=O) groups is 1. The van der Waals surface area contributed by atoms with Crippen LogP contribution in [0.5, 0.6) is 0 Å². The number of aliphatic hydroxyl groups is 1. The normalized spacial score (nSPS) is 13.9. The van der Waals surface area contributed by atoms with E-state index >= 15 is 0 Å². The van der Waals surface area contributed by atoms with Crippen LogP contribution in [0.25, 0.3) is 0 Å². The molecule has 3 aromatic rings. The Balaban J connectivity index is 1.59. The quantitative estimate of drug-likeness (QED) is 0.463. The van der Waals surface area contributed by atoms with Crippen LogP contribution in [0.3, 0.4) is 0 Å². The van der Waals surface area contributed by atoms with Gasteiger partial charge in [0, 0.05) is 12.2 Å². The summed E-state index contributed by atoms with van der Waals surface area (Å²) < 4.78 is 5.28. The third-order valence-corrected chi connectivity index (χ3v) is 5.53. The fourth-order valence-electron chi connectivity index (χ4n) is 3.27. The zero-order valence-corrected chi connectivity index (χ0v) is 17.5. The number of rotatable bonds is 10.